The number of hydrazine groups is 1. The Morgan fingerprint density at radius 3 is 2.36 bits per heavy atom. The van der Waals surface area contributed by atoms with Crippen molar-refractivity contribution in [3.05, 3.63) is 94.4 Å². The molecule has 1 N–H and O–H groups in total. The van der Waals surface area contributed by atoms with Crippen LogP contribution in [0.5, 0.6) is 11.5 Å². The number of ether oxygens (including phenoxy) is 1. The smallest absolute Gasteiger partial charge is 0.433 e. The molecule has 6 atom stereocenters. The van der Waals surface area contributed by atoms with Crippen LogP contribution in [0.1, 0.15) is 24.1 Å². The Labute approximate surface area is 314 Å². The van der Waals surface area contributed by atoms with Gasteiger partial charge in [-0.2, -0.15) is 18.2 Å². The zero-order chi connectivity index (χ0) is 38.4. The minimum absolute atomic E-state index is 0.00191. The van der Waals surface area contributed by atoms with E-state index in [0.29, 0.717) is 22.2 Å². The number of phenols is 1. The zero-order valence-corrected chi connectivity index (χ0v) is 29.8. The molecule has 1 saturated carbocycles. The van der Waals surface area contributed by atoms with E-state index < -0.39 is 80.6 Å². The van der Waals surface area contributed by atoms with Crippen molar-refractivity contribution in [1.29, 1.82) is 0 Å². The highest BCUT2D eigenvalue weighted by Gasteiger charge is 2.76. The number of anilines is 2. The number of imide groups is 2. The van der Waals surface area contributed by atoms with Gasteiger partial charge in [0, 0.05) is 13.0 Å². The molecule has 7 rings (SSSR count). The number of fused-ring (bicyclic) bond motifs is 4. The first-order valence-corrected chi connectivity index (χ1v) is 17.2. The van der Waals surface area contributed by atoms with Crippen LogP contribution in [0.4, 0.5) is 29.1 Å². The van der Waals surface area contributed by atoms with Gasteiger partial charge in [-0.3, -0.25) is 24.2 Å². The second-order valence-corrected chi connectivity index (χ2v) is 14.7. The third kappa shape index (κ3) is 5.47. The summed E-state index contributed by atoms with van der Waals surface area (Å²) in [5, 5.41) is 11.4. The number of allylic oxidation sites excluding steroid dienone is 3. The zero-order valence-electron chi connectivity index (χ0n) is 27.6. The van der Waals surface area contributed by atoms with Crippen molar-refractivity contribution in [1.82, 2.24) is 9.99 Å². The molecule has 53 heavy (non-hydrogen) atoms. The van der Waals surface area contributed by atoms with Crippen LogP contribution in [-0.4, -0.2) is 62.6 Å². The highest BCUT2D eigenvalue weighted by Crippen LogP contribution is 2.63. The summed E-state index contributed by atoms with van der Waals surface area (Å²) in [5.74, 6) is -8.84. The molecule has 0 bridgehead atoms. The van der Waals surface area contributed by atoms with Crippen molar-refractivity contribution >= 4 is 76.0 Å². The average molecular weight is 794 g/mol. The van der Waals surface area contributed by atoms with E-state index in [1.54, 1.807) is 24.3 Å². The minimum Gasteiger partial charge on any atom is -0.504 e. The standard InChI is InChI=1S/C36H27Cl3F4N4O6/c1-45(29-24(37)12-14-27(44-29)36(41,42)43)47-30(49)21-10-9-20-22(28(21)31(47)50)16-34(38)32(51)46(19-7-5-18(40)6-8-19)33(52)35(34,39)23(20)11-3-17-4-13-25(48)26(15-17)53-2/h3-9,11-15,21-23,28,48H,10,16H2,1-2H3. The Hall–Kier alpha value is -4.66. The van der Waals surface area contributed by atoms with Crippen molar-refractivity contribution in [3.8, 4) is 11.5 Å². The van der Waals surface area contributed by atoms with Crippen molar-refractivity contribution < 1.29 is 46.6 Å². The Kier molecular flexibility index (Phi) is 8.82. The number of phenolic OH excluding ortho intramolecular Hbond substituents is 1. The largest absolute Gasteiger partial charge is 0.504 e. The van der Waals surface area contributed by atoms with Gasteiger partial charge in [-0.25, -0.2) is 14.3 Å². The van der Waals surface area contributed by atoms with Gasteiger partial charge in [-0.1, -0.05) is 41.5 Å². The summed E-state index contributed by atoms with van der Waals surface area (Å²) in [5.41, 5.74) is -0.367. The van der Waals surface area contributed by atoms with Crippen molar-refractivity contribution in [3.63, 3.8) is 0 Å². The number of aromatic hydroxyl groups is 1. The van der Waals surface area contributed by atoms with Gasteiger partial charge in [0.15, 0.2) is 27.1 Å². The highest BCUT2D eigenvalue weighted by atomic mass is 35.5. The maximum Gasteiger partial charge on any atom is 0.433 e. The molecule has 276 valence electrons. The first-order chi connectivity index (χ1) is 24.9. The Bertz CT molecular complexity index is 2150. The Morgan fingerprint density at radius 2 is 1.70 bits per heavy atom. The van der Waals surface area contributed by atoms with Crippen molar-refractivity contribution in [2.24, 2.45) is 23.7 Å². The first-order valence-electron chi connectivity index (χ1n) is 16.1. The molecule has 1 aromatic heterocycles. The molecule has 0 radical (unpaired) electrons. The van der Waals surface area contributed by atoms with E-state index in [1.807, 2.05) is 0 Å². The molecule has 2 aliphatic carbocycles. The first kappa shape index (κ1) is 36.7. The normalized spacial score (nSPS) is 28.3. The van der Waals surface area contributed by atoms with Gasteiger partial charge in [0.1, 0.15) is 11.5 Å². The van der Waals surface area contributed by atoms with Crippen LogP contribution in [0.25, 0.3) is 6.08 Å². The Balaban J connectivity index is 1.33. The quantitative estimate of drug-likeness (QED) is 0.126. The molecule has 2 saturated heterocycles. The maximum atomic E-state index is 14.4. The second-order valence-electron chi connectivity index (χ2n) is 13.1. The van der Waals surface area contributed by atoms with Gasteiger partial charge in [-0.05, 0) is 72.9 Å². The lowest BCUT2D eigenvalue weighted by atomic mass is 9.57. The van der Waals surface area contributed by atoms with Crippen LogP contribution < -0.4 is 14.6 Å². The third-order valence-corrected chi connectivity index (χ3v) is 12.1. The van der Waals surface area contributed by atoms with E-state index in [4.69, 9.17) is 39.5 Å². The number of hydrogen-bond donors (Lipinski definition) is 1. The number of rotatable bonds is 6. The lowest BCUT2D eigenvalue weighted by Gasteiger charge is -2.49. The molecule has 10 nitrogen and oxygen atoms in total. The molecule has 4 aliphatic rings. The number of aromatic nitrogens is 1. The number of alkyl halides is 5. The topological polar surface area (TPSA) is 120 Å². The van der Waals surface area contributed by atoms with Gasteiger partial charge in [-0.15, -0.1) is 23.2 Å². The van der Waals surface area contributed by atoms with E-state index in [9.17, 15) is 41.8 Å². The predicted molar refractivity (Wildman–Crippen MR) is 186 cm³/mol. The number of nitrogens with zero attached hydrogens (tertiary/aromatic N) is 4. The summed E-state index contributed by atoms with van der Waals surface area (Å²) in [6.07, 6.45) is -0.475. The van der Waals surface area contributed by atoms with E-state index >= 15 is 0 Å². The SMILES string of the molecule is COc1cc(C=CC2C3=CCC4C(=O)N(N(C)c5nc(C(F)(F)F)ccc5Cl)C(=O)C4C3CC3(Cl)C(=O)N(c4ccc(F)cc4)C(=O)C23Cl)ccc1O. The monoisotopic (exact) mass is 792 g/mol. The molecule has 6 unspecified atom stereocenters. The molecular weight excluding hydrogens is 767 g/mol. The fraction of sp³-hybridized carbons (Fsp3) is 0.306. The van der Waals surface area contributed by atoms with E-state index in [0.717, 1.165) is 28.1 Å². The predicted octanol–water partition coefficient (Wildman–Crippen LogP) is 6.77. The van der Waals surface area contributed by atoms with Crippen LogP contribution in [0, 0.1) is 29.5 Å². The van der Waals surface area contributed by atoms with Crippen molar-refractivity contribution in [2.45, 2.75) is 28.8 Å². The lowest BCUT2D eigenvalue weighted by molar-refractivity contribution is -0.141. The molecule has 4 amide bonds. The van der Waals surface area contributed by atoms with Gasteiger partial charge in [0.05, 0.1) is 29.7 Å². The molecule has 0 spiro atoms. The summed E-state index contributed by atoms with van der Waals surface area (Å²) in [4.78, 5) is 57.0. The molecule has 17 heteroatoms. The minimum atomic E-state index is -4.85. The summed E-state index contributed by atoms with van der Waals surface area (Å²) in [7, 11) is 2.54. The van der Waals surface area contributed by atoms with Crippen LogP contribution in [0.2, 0.25) is 5.02 Å². The fourth-order valence-corrected chi connectivity index (χ4v) is 8.96. The van der Waals surface area contributed by atoms with Crippen molar-refractivity contribution in [2.75, 3.05) is 24.1 Å². The summed E-state index contributed by atoms with van der Waals surface area (Å²) >= 11 is 20.8. The second kappa shape index (κ2) is 12.7. The fourth-order valence-electron chi connectivity index (χ4n) is 7.84. The average Bonchev–Trinajstić information content (AvgIpc) is 3.45. The number of carbonyl (C=O) groups excluding carboxylic acids is 4. The van der Waals surface area contributed by atoms with Crippen LogP contribution in [0.3, 0.4) is 0 Å². The van der Waals surface area contributed by atoms with Crippen LogP contribution in [0.15, 0.2) is 72.3 Å². The number of halogens is 7. The molecule has 3 heterocycles. The number of benzene rings is 2. The molecular formula is C36H27Cl3F4N4O6. The molecule has 2 aliphatic heterocycles. The molecule has 3 fully saturated rings. The highest BCUT2D eigenvalue weighted by molar-refractivity contribution is 6.58. The van der Waals surface area contributed by atoms with E-state index in [-0.39, 0.29) is 35.1 Å². The molecule has 3 aromatic rings. The maximum absolute atomic E-state index is 14.4. The summed E-state index contributed by atoms with van der Waals surface area (Å²) in [6.45, 7) is 0. The number of amides is 4. The van der Waals surface area contributed by atoms with Crippen LogP contribution >= 0.6 is 34.8 Å². The van der Waals surface area contributed by atoms with Crippen LogP contribution in [-0.2, 0) is 25.4 Å². The Morgan fingerprint density at radius 1 is 1.00 bits per heavy atom. The van der Waals surface area contributed by atoms with Gasteiger partial charge >= 0.3 is 6.18 Å². The number of carbonyl (C=O) groups is 4. The number of hydrogen-bond acceptors (Lipinski definition) is 8. The van der Waals surface area contributed by atoms with Gasteiger partial charge < -0.3 is 9.84 Å². The van der Waals surface area contributed by atoms with Gasteiger partial charge in [0.25, 0.3) is 23.6 Å². The molecule has 2 aromatic carbocycles. The van der Waals surface area contributed by atoms with E-state index in [2.05, 4.69) is 4.98 Å². The number of pyridine rings is 1. The van der Waals surface area contributed by atoms with E-state index in [1.165, 1.54) is 38.4 Å². The summed E-state index contributed by atoms with van der Waals surface area (Å²) in [6, 6.07) is 10.6. The summed E-state index contributed by atoms with van der Waals surface area (Å²) < 4.78 is 59.8. The third-order valence-electron chi connectivity index (χ3n) is 10.3. The number of methoxy groups -OCH3 is 1. The lowest BCUT2D eigenvalue weighted by Crippen LogP contribution is -2.60. The van der Waals surface area contributed by atoms with Gasteiger partial charge in [0.2, 0.25) is 0 Å².